The van der Waals surface area contributed by atoms with Crippen LogP contribution in [0.2, 0.25) is 0 Å². The van der Waals surface area contributed by atoms with E-state index in [0.717, 1.165) is 34.4 Å². The lowest BCUT2D eigenvalue weighted by molar-refractivity contribution is 0.565. The lowest BCUT2D eigenvalue weighted by Gasteiger charge is -2.07. The molecule has 1 aliphatic rings. The van der Waals surface area contributed by atoms with Crippen LogP contribution in [-0.2, 0) is 0 Å². The van der Waals surface area contributed by atoms with Gasteiger partial charge >= 0.3 is 0 Å². The molecule has 108 valence electrons. The topological polar surface area (TPSA) is 49.9 Å². The maximum Gasteiger partial charge on any atom is 0.192 e. The summed E-state index contributed by atoms with van der Waals surface area (Å²) < 4.78 is 5.26. The second-order valence-electron chi connectivity index (χ2n) is 5.74. The molecule has 0 amide bonds. The first-order valence-corrected chi connectivity index (χ1v) is 8.10. The monoisotopic (exact) mass is 393 g/mol. The van der Waals surface area contributed by atoms with E-state index in [9.17, 15) is 0 Å². The summed E-state index contributed by atoms with van der Waals surface area (Å²) in [6.45, 7) is 2.23. The van der Waals surface area contributed by atoms with Crippen LogP contribution in [0, 0.1) is 0 Å². The zero-order valence-electron chi connectivity index (χ0n) is 11.7. The van der Waals surface area contributed by atoms with Gasteiger partial charge in [0.05, 0.1) is 17.1 Å². The van der Waals surface area contributed by atoms with Crippen LogP contribution < -0.4 is 8.38 Å². The van der Waals surface area contributed by atoms with Crippen molar-refractivity contribution >= 4 is 44.8 Å². The van der Waals surface area contributed by atoms with Crippen molar-refractivity contribution < 1.29 is 3.07 Å². The van der Waals surface area contributed by atoms with Gasteiger partial charge in [-0.1, -0.05) is 6.07 Å². The van der Waals surface area contributed by atoms with Gasteiger partial charge in [0, 0.05) is 11.4 Å². The van der Waals surface area contributed by atoms with Crippen molar-refractivity contribution in [2.24, 2.45) is 0 Å². The Morgan fingerprint density at radius 3 is 2.90 bits per heavy atom. The molecule has 1 aromatic heterocycles. The van der Waals surface area contributed by atoms with Gasteiger partial charge in [-0.3, -0.25) is 0 Å². The number of halogens is 1. The van der Waals surface area contributed by atoms with E-state index in [0.29, 0.717) is 12.1 Å². The normalized spacial score (nSPS) is 22.2. The molecule has 0 radical (unpaired) electrons. The molecular formula is C16H16IN3O. The van der Waals surface area contributed by atoms with Crippen molar-refractivity contribution in [2.45, 2.75) is 31.8 Å². The predicted molar refractivity (Wildman–Crippen MR) is 92.8 cm³/mol. The third kappa shape index (κ3) is 2.28. The minimum absolute atomic E-state index is 0.347. The summed E-state index contributed by atoms with van der Waals surface area (Å²) >= 11 is 1.91. The van der Waals surface area contributed by atoms with Crippen LogP contribution in [0.5, 0.6) is 5.75 Å². The third-order valence-corrected chi connectivity index (χ3v) is 4.76. The van der Waals surface area contributed by atoms with Crippen molar-refractivity contribution in [1.29, 1.82) is 0 Å². The second-order valence-corrected chi connectivity index (χ2v) is 6.18. The zero-order valence-corrected chi connectivity index (χ0v) is 13.8. The lowest BCUT2D eigenvalue weighted by Crippen LogP contribution is -2.21. The molecule has 2 atom stereocenters. The van der Waals surface area contributed by atoms with Crippen molar-refractivity contribution in [3.63, 3.8) is 0 Å². The summed E-state index contributed by atoms with van der Waals surface area (Å²) in [6.07, 6.45) is 2.35. The number of fused-ring (bicyclic) bond motifs is 3. The van der Waals surface area contributed by atoms with E-state index in [1.165, 1.54) is 11.8 Å². The number of imidazole rings is 1. The van der Waals surface area contributed by atoms with Crippen LogP contribution in [0.4, 0.5) is 0 Å². The fourth-order valence-electron chi connectivity index (χ4n) is 3.15. The molecule has 2 N–H and O–H groups in total. The molecule has 1 saturated heterocycles. The quantitative estimate of drug-likeness (QED) is 0.640. The highest BCUT2D eigenvalue weighted by atomic mass is 127. The van der Waals surface area contributed by atoms with Gasteiger partial charge in [-0.15, -0.1) is 0 Å². The molecule has 0 bridgehead atoms. The molecule has 0 spiro atoms. The number of rotatable bonds is 2. The Hall–Kier alpha value is -1.34. The van der Waals surface area contributed by atoms with E-state index in [-0.39, 0.29) is 0 Å². The van der Waals surface area contributed by atoms with Gasteiger partial charge in [0.25, 0.3) is 0 Å². The van der Waals surface area contributed by atoms with Crippen LogP contribution in [0.1, 0.15) is 31.6 Å². The molecule has 5 heteroatoms. The Labute approximate surface area is 137 Å². The van der Waals surface area contributed by atoms with Crippen LogP contribution in [0.3, 0.4) is 0 Å². The summed E-state index contributed by atoms with van der Waals surface area (Å²) in [6, 6.07) is 11.3. The molecule has 4 nitrogen and oxygen atoms in total. The van der Waals surface area contributed by atoms with Gasteiger partial charge < -0.3 is 13.4 Å². The minimum atomic E-state index is 0.347. The highest BCUT2D eigenvalue weighted by Crippen LogP contribution is 2.31. The highest BCUT2D eigenvalue weighted by molar-refractivity contribution is 14.1. The largest absolute Gasteiger partial charge is 0.428 e. The van der Waals surface area contributed by atoms with Gasteiger partial charge in [0.15, 0.2) is 23.0 Å². The second kappa shape index (κ2) is 5.14. The first-order valence-electron chi connectivity index (χ1n) is 7.21. The fourth-order valence-corrected chi connectivity index (χ4v) is 3.43. The van der Waals surface area contributed by atoms with Crippen molar-refractivity contribution in [3.8, 4) is 5.75 Å². The maximum absolute atomic E-state index is 5.26. The van der Waals surface area contributed by atoms with E-state index >= 15 is 0 Å². The molecule has 2 unspecified atom stereocenters. The number of H-pyrrole nitrogens is 1. The summed E-state index contributed by atoms with van der Waals surface area (Å²) in [4.78, 5) is 8.32. The van der Waals surface area contributed by atoms with E-state index in [1.807, 2.05) is 35.1 Å². The van der Waals surface area contributed by atoms with E-state index in [4.69, 9.17) is 8.05 Å². The molecular weight excluding hydrogens is 377 g/mol. The van der Waals surface area contributed by atoms with Gasteiger partial charge in [0.1, 0.15) is 11.6 Å². The highest BCUT2D eigenvalue weighted by Gasteiger charge is 2.24. The molecule has 1 fully saturated rings. The summed E-state index contributed by atoms with van der Waals surface area (Å²) in [5.41, 5.74) is 2.14. The predicted octanol–water partition coefficient (Wildman–Crippen LogP) is 4.26. The zero-order chi connectivity index (χ0) is 14.4. The molecule has 4 rings (SSSR count). The third-order valence-electron chi connectivity index (χ3n) is 4.25. The van der Waals surface area contributed by atoms with E-state index < -0.39 is 0 Å². The number of nitrogens with zero attached hydrogens (tertiary/aromatic N) is 1. The Morgan fingerprint density at radius 1 is 1.24 bits per heavy atom. The first kappa shape index (κ1) is 13.3. The van der Waals surface area contributed by atoms with Gasteiger partial charge in [0.2, 0.25) is 0 Å². The molecule has 2 heterocycles. The van der Waals surface area contributed by atoms with Crippen molar-refractivity contribution in [3.05, 3.63) is 36.2 Å². The molecule has 0 aliphatic carbocycles. The molecule has 2 aromatic carbocycles. The fraction of sp³-hybridized carbons (Fsp3) is 0.312. The number of nitrogens with one attached hydrogen (secondary N) is 2. The van der Waals surface area contributed by atoms with E-state index in [1.54, 1.807) is 0 Å². The standard InChI is InChI=1S/C16H16IN3O/c1-9-2-6-14(18-9)16-19-13-7-3-10-8-11(21-17)4-5-12(10)15(13)20-16/h3-5,7-9,14,18H,2,6H2,1H3,(H,19,20). The Balaban J connectivity index is 1.85. The van der Waals surface area contributed by atoms with Gasteiger partial charge in [-0.25, -0.2) is 4.98 Å². The summed E-state index contributed by atoms with van der Waals surface area (Å²) in [5.74, 6) is 1.92. The smallest absolute Gasteiger partial charge is 0.192 e. The molecule has 21 heavy (non-hydrogen) atoms. The van der Waals surface area contributed by atoms with Crippen molar-refractivity contribution in [2.75, 3.05) is 0 Å². The maximum atomic E-state index is 5.26. The number of hydrogen-bond acceptors (Lipinski definition) is 3. The molecule has 3 aromatic rings. The first-order chi connectivity index (χ1) is 10.2. The molecule has 0 saturated carbocycles. The summed E-state index contributed by atoms with van der Waals surface area (Å²) in [5, 5.41) is 5.90. The Bertz CT molecular complexity index is 814. The number of aromatic amines is 1. The van der Waals surface area contributed by atoms with Crippen LogP contribution >= 0.6 is 23.0 Å². The number of aromatic nitrogens is 2. The Morgan fingerprint density at radius 2 is 2.14 bits per heavy atom. The van der Waals surface area contributed by atoms with E-state index in [2.05, 4.69) is 35.4 Å². The number of benzene rings is 2. The Kier molecular flexibility index (Phi) is 3.26. The number of hydrogen-bond donors (Lipinski definition) is 2. The minimum Gasteiger partial charge on any atom is -0.428 e. The SMILES string of the molecule is CC1CCC(c2nc3c(ccc4cc(OI)ccc43)[nH]2)N1. The van der Waals surface area contributed by atoms with Gasteiger partial charge in [-0.05, 0) is 49.4 Å². The average Bonchev–Trinajstić information content (AvgIpc) is 3.12. The van der Waals surface area contributed by atoms with Crippen LogP contribution in [0.25, 0.3) is 21.8 Å². The van der Waals surface area contributed by atoms with Crippen LogP contribution in [-0.4, -0.2) is 16.0 Å². The molecule has 1 aliphatic heterocycles. The van der Waals surface area contributed by atoms with Crippen LogP contribution in [0.15, 0.2) is 30.3 Å². The van der Waals surface area contributed by atoms with Gasteiger partial charge in [-0.2, -0.15) is 0 Å². The lowest BCUT2D eigenvalue weighted by atomic mass is 10.1. The van der Waals surface area contributed by atoms with Crippen molar-refractivity contribution in [1.82, 2.24) is 15.3 Å². The average molecular weight is 393 g/mol. The summed E-state index contributed by atoms with van der Waals surface area (Å²) in [7, 11) is 0.